The highest BCUT2D eigenvalue weighted by atomic mass is 79.9. The van der Waals surface area contributed by atoms with E-state index < -0.39 is 0 Å². The van der Waals surface area contributed by atoms with E-state index in [0.29, 0.717) is 6.54 Å². The maximum absolute atomic E-state index is 9.96. The average Bonchev–Trinajstić information content (AvgIpc) is 3.01. The number of aliphatic hydroxyl groups excluding tert-OH is 1. The van der Waals surface area contributed by atoms with Crippen molar-refractivity contribution in [3.05, 3.63) is 53.0 Å². The van der Waals surface area contributed by atoms with E-state index in [1.807, 2.05) is 6.07 Å². The largest absolute Gasteiger partial charge is 0.391 e. The van der Waals surface area contributed by atoms with Gasteiger partial charge in [-0.25, -0.2) is 0 Å². The Morgan fingerprint density at radius 3 is 2.73 bits per heavy atom. The molecule has 0 saturated carbocycles. The molecule has 1 fully saturated rings. The van der Waals surface area contributed by atoms with Crippen molar-refractivity contribution in [1.29, 1.82) is 0 Å². The number of likely N-dealkylation sites (tertiary alicyclic amines) is 1. The fourth-order valence-electron chi connectivity index (χ4n) is 3.31. The molecule has 3 nitrogen and oxygen atoms in total. The first-order chi connectivity index (χ1) is 12.6. The van der Waals surface area contributed by atoms with E-state index in [1.54, 1.807) is 11.8 Å². The van der Waals surface area contributed by atoms with Crippen LogP contribution >= 0.6 is 39.9 Å². The first-order valence-corrected chi connectivity index (χ1v) is 10.6. The summed E-state index contributed by atoms with van der Waals surface area (Å²) < 4.78 is 1.89. The number of β-amino-alcohol motifs (C(OH)–C–C–N with tert-alkyl or cyclic N) is 1. The predicted octanol–water partition coefficient (Wildman–Crippen LogP) is 5.43. The predicted molar refractivity (Wildman–Crippen MR) is 117 cm³/mol. The van der Waals surface area contributed by atoms with Crippen molar-refractivity contribution < 1.29 is 5.11 Å². The quantitative estimate of drug-likeness (QED) is 0.406. The Morgan fingerprint density at radius 2 is 1.96 bits per heavy atom. The fraction of sp³-hybridized carbons (Fsp3) is 0.250. The average molecular weight is 447 g/mol. The van der Waals surface area contributed by atoms with Gasteiger partial charge in [0.15, 0.2) is 0 Å². The Morgan fingerprint density at radius 1 is 1.19 bits per heavy atom. The van der Waals surface area contributed by atoms with Crippen LogP contribution in [0, 0.1) is 0 Å². The molecule has 1 saturated heterocycles. The molecule has 134 valence electrons. The molecule has 0 amide bonds. The lowest BCUT2D eigenvalue weighted by Gasteiger charge is -2.31. The van der Waals surface area contributed by atoms with Crippen molar-refractivity contribution in [2.45, 2.75) is 23.8 Å². The second-order valence-electron chi connectivity index (χ2n) is 6.49. The summed E-state index contributed by atoms with van der Waals surface area (Å²) in [5.41, 5.74) is 3.33. The minimum absolute atomic E-state index is 0.281. The van der Waals surface area contributed by atoms with E-state index in [-0.39, 0.29) is 6.10 Å². The number of halogens is 1. The number of hydrogen-bond acceptors (Lipinski definition) is 3. The number of aromatic amines is 1. The Kier molecular flexibility index (Phi) is 5.36. The Bertz CT molecular complexity index is 939. The van der Waals surface area contributed by atoms with E-state index in [2.05, 4.69) is 68.3 Å². The molecule has 2 N–H and O–H groups in total. The standard InChI is InChI=1S/C20H19BrN2OS2/c21-14-9-7-13(8-10-14)18-19(16-5-1-2-6-17(16)22-18)26-20(25)23-11-3-4-15(24)12-23/h1-2,5-10,15,22,24H,3-4,11-12H2/t15-/m0/s1. The van der Waals surface area contributed by atoms with Crippen molar-refractivity contribution in [3.63, 3.8) is 0 Å². The third-order valence-electron chi connectivity index (χ3n) is 4.64. The molecule has 2 aromatic carbocycles. The zero-order chi connectivity index (χ0) is 18.1. The number of benzene rings is 2. The number of rotatable bonds is 2. The van der Waals surface area contributed by atoms with E-state index >= 15 is 0 Å². The van der Waals surface area contributed by atoms with Gasteiger partial charge >= 0.3 is 0 Å². The molecule has 0 aliphatic carbocycles. The number of hydrogen-bond donors (Lipinski definition) is 2. The summed E-state index contributed by atoms with van der Waals surface area (Å²) in [5.74, 6) is 0. The summed E-state index contributed by atoms with van der Waals surface area (Å²) >= 11 is 10.8. The van der Waals surface area contributed by atoms with Crippen LogP contribution in [0.1, 0.15) is 12.8 Å². The van der Waals surface area contributed by atoms with Gasteiger partial charge in [-0.05, 0) is 36.6 Å². The maximum Gasteiger partial charge on any atom is 0.141 e. The third kappa shape index (κ3) is 3.69. The van der Waals surface area contributed by atoms with Crippen LogP contribution in [0.3, 0.4) is 0 Å². The Balaban J connectivity index is 1.72. The molecular formula is C20H19BrN2OS2. The molecular weight excluding hydrogens is 428 g/mol. The number of thiocarbonyl (C=S) groups is 1. The molecule has 26 heavy (non-hydrogen) atoms. The van der Waals surface area contributed by atoms with Gasteiger partial charge in [0.1, 0.15) is 4.32 Å². The molecule has 0 spiro atoms. The smallest absolute Gasteiger partial charge is 0.141 e. The molecule has 1 aromatic heterocycles. The van der Waals surface area contributed by atoms with Gasteiger partial charge in [-0.3, -0.25) is 0 Å². The highest BCUT2D eigenvalue weighted by Gasteiger charge is 2.23. The molecule has 3 aromatic rings. The lowest BCUT2D eigenvalue weighted by Crippen LogP contribution is -2.40. The van der Waals surface area contributed by atoms with E-state index in [9.17, 15) is 5.11 Å². The summed E-state index contributed by atoms with van der Waals surface area (Å²) in [4.78, 5) is 6.83. The normalized spacial score (nSPS) is 17.6. The third-order valence-corrected chi connectivity index (χ3v) is 6.73. The summed E-state index contributed by atoms with van der Waals surface area (Å²) in [6.07, 6.45) is 1.56. The van der Waals surface area contributed by atoms with Crippen LogP contribution in [0.4, 0.5) is 0 Å². The van der Waals surface area contributed by atoms with Gasteiger partial charge in [-0.2, -0.15) is 0 Å². The number of fused-ring (bicyclic) bond motifs is 1. The highest BCUT2D eigenvalue weighted by molar-refractivity contribution is 9.10. The van der Waals surface area contributed by atoms with Gasteiger partial charge in [0, 0.05) is 33.4 Å². The van der Waals surface area contributed by atoms with E-state index in [4.69, 9.17) is 12.2 Å². The second-order valence-corrected chi connectivity index (χ2v) is 9.05. The first-order valence-electron chi connectivity index (χ1n) is 8.63. The second kappa shape index (κ2) is 7.72. The zero-order valence-corrected chi connectivity index (χ0v) is 17.3. The lowest BCUT2D eigenvalue weighted by molar-refractivity contribution is 0.105. The van der Waals surface area contributed by atoms with Gasteiger partial charge in [-0.15, -0.1) is 0 Å². The van der Waals surface area contributed by atoms with Crippen LogP contribution in [-0.2, 0) is 0 Å². The molecule has 2 heterocycles. The Hall–Kier alpha value is -1.34. The number of H-pyrrole nitrogens is 1. The maximum atomic E-state index is 9.96. The zero-order valence-electron chi connectivity index (χ0n) is 14.1. The van der Waals surface area contributed by atoms with Gasteiger partial charge in [0.2, 0.25) is 0 Å². The minimum atomic E-state index is -0.281. The van der Waals surface area contributed by atoms with Gasteiger partial charge in [-0.1, -0.05) is 70.2 Å². The molecule has 1 aliphatic rings. The van der Waals surface area contributed by atoms with Crippen LogP contribution in [0.15, 0.2) is 57.9 Å². The molecule has 6 heteroatoms. The number of aliphatic hydroxyl groups is 1. The molecule has 1 aliphatic heterocycles. The summed E-state index contributed by atoms with van der Waals surface area (Å²) in [7, 11) is 0. The first kappa shape index (κ1) is 18.0. The fourth-order valence-corrected chi connectivity index (χ4v) is 5.02. The van der Waals surface area contributed by atoms with Crippen LogP contribution in [0.25, 0.3) is 22.2 Å². The monoisotopic (exact) mass is 446 g/mol. The number of piperidine rings is 1. The lowest BCUT2D eigenvalue weighted by atomic mass is 10.1. The van der Waals surface area contributed by atoms with Gasteiger partial charge in [0.05, 0.1) is 11.8 Å². The highest BCUT2D eigenvalue weighted by Crippen LogP contribution is 2.39. The number of aromatic nitrogens is 1. The molecule has 1 atom stereocenters. The minimum Gasteiger partial charge on any atom is -0.391 e. The van der Waals surface area contributed by atoms with Gasteiger partial charge in [0.25, 0.3) is 0 Å². The summed E-state index contributed by atoms with van der Waals surface area (Å²) in [5, 5.41) is 11.1. The van der Waals surface area contributed by atoms with Crippen LogP contribution in [0.5, 0.6) is 0 Å². The number of para-hydroxylation sites is 1. The Labute approximate surface area is 170 Å². The van der Waals surface area contributed by atoms with E-state index in [1.165, 1.54) is 5.39 Å². The van der Waals surface area contributed by atoms with Crippen molar-refractivity contribution in [2.24, 2.45) is 0 Å². The number of nitrogens with zero attached hydrogens (tertiary/aromatic N) is 1. The van der Waals surface area contributed by atoms with Crippen molar-refractivity contribution in [3.8, 4) is 11.3 Å². The van der Waals surface area contributed by atoms with Crippen LogP contribution in [0.2, 0.25) is 0 Å². The van der Waals surface area contributed by atoms with Crippen LogP contribution < -0.4 is 0 Å². The molecule has 0 unspecified atom stereocenters. The van der Waals surface area contributed by atoms with Gasteiger partial charge < -0.3 is 15.0 Å². The molecule has 0 radical (unpaired) electrons. The van der Waals surface area contributed by atoms with Crippen molar-refractivity contribution in [2.75, 3.05) is 13.1 Å². The van der Waals surface area contributed by atoms with E-state index in [0.717, 1.165) is 49.8 Å². The van der Waals surface area contributed by atoms with Crippen molar-refractivity contribution in [1.82, 2.24) is 9.88 Å². The molecule has 0 bridgehead atoms. The van der Waals surface area contributed by atoms with Crippen LogP contribution in [-0.4, -0.2) is 38.5 Å². The summed E-state index contributed by atoms with van der Waals surface area (Å²) in [6.45, 7) is 1.54. The van der Waals surface area contributed by atoms with Crippen molar-refractivity contribution >= 4 is 55.1 Å². The number of nitrogens with one attached hydrogen (secondary N) is 1. The SMILES string of the molecule is O[C@H]1CCCN(C(=S)Sc2c(-c3ccc(Br)cc3)[nH]c3ccccc23)C1. The number of thioether (sulfide) groups is 1. The topological polar surface area (TPSA) is 39.3 Å². The molecule has 4 rings (SSSR count). The summed E-state index contributed by atoms with van der Waals surface area (Å²) in [6, 6.07) is 16.6.